The van der Waals surface area contributed by atoms with Gasteiger partial charge < -0.3 is 4.43 Å². The maximum Gasteiger partial charge on any atom is 0.261 e. The molecule has 2 aromatic rings. The molecular formula is C24H35BOSi. The first kappa shape index (κ1) is 21.7. The highest BCUT2D eigenvalue weighted by atomic mass is 28.4. The number of hydrogen-bond acceptors (Lipinski definition) is 1. The maximum absolute atomic E-state index is 7.00. The Kier molecular flexibility index (Phi) is 7.30. The van der Waals surface area contributed by atoms with Gasteiger partial charge in [-0.2, -0.15) is 0 Å². The lowest BCUT2D eigenvalue weighted by atomic mass is 9.49. The van der Waals surface area contributed by atoms with E-state index in [1.54, 1.807) is 0 Å². The minimum atomic E-state index is -2.42. The van der Waals surface area contributed by atoms with E-state index in [9.17, 15) is 0 Å². The fourth-order valence-corrected chi connectivity index (χ4v) is 8.38. The zero-order chi connectivity index (χ0) is 20.1. The molecule has 0 aliphatic rings. The zero-order valence-electron chi connectivity index (χ0n) is 18.1. The third-order valence-corrected chi connectivity index (χ3v) is 10.4. The molecule has 2 aromatic carbocycles. The van der Waals surface area contributed by atoms with Crippen molar-refractivity contribution in [1.82, 2.24) is 0 Å². The molecule has 3 heteroatoms. The molecule has 27 heavy (non-hydrogen) atoms. The van der Waals surface area contributed by atoms with Crippen molar-refractivity contribution in [3.8, 4) is 0 Å². The number of hydrogen-bond donors (Lipinski definition) is 0. The smallest absolute Gasteiger partial charge is 0.261 e. The van der Waals surface area contributed by atoms with E-state index in [2.05, 4.69) is 115 Å². The molecule has 1 nitrogen and oxygen atoms in total. The lowest BCUT2D eigenvalue weighted by Gasteiger charge is -2.43. The highest BCUT2D eigenvalue weighted by Crippen LogP contribution is 2.37. The summed E-state index contributed by atoms with van der Waals surface area (Å²) in [5.41, 5.74) is 1.44. The topological polar surface area (TPSA) is 9.23 Å². The van der Waals surface area contributed by atoms with Gasteiger partial charge in [0.1, 0.15) is 0 Å². The van der Waals surface area contributed by atoms with Gasteiger partial charge in [0.05, 0.1) is 0 Å². The Morgan fingerprint density at radius 2 is 1.41 bits per heavy atom. The largest absolute Gasteiger partial charge is 0.407 e. The van der Waals surface area contributed by atoms with Crippen LogP contribution < -0.4 is 10.4 Å². The van der Waals surface area contributed by atoms with Crippen LogP contribution in [0.25, 0.3) is 0 Å². The Bertz CT molecular complexity index is 692. The minimum absolute atomic E-state index is 0.0340. The van der Waals surface area contributed by atoms with Gasteiger partial charge in [-0.1, -0.05) is 115 Å². The maximum atomic E-state index is 7.00. The molecule has 0 aliphatic carbocycles. The molecule has 0 amide bonds. The van der Waals surface area contributed by atoms with Gasteiger partial charge in [0.25, 0.3) is 8.32 Å². The van der Waals surface area contributed by atoms with Crippen LogP contribution in [0.5, 0.6) is 0 Å². The second-order valence-corrected chi connectivity index (χ2v) is 13.3. The third kappa shape index (κ3) is 5.03. The normalized spacial score (nSPS) is 14.1. The van der Waals surface area contributed by atoms with Crippen molar-refractivity contribution in [2.45, 2.75) is 53.3 Å². The predicted molar refractivity (Wildman–Crippen MR) is 124 cm³/mol. The monoisotopic (exact) mass is 378 g/mol. The lowest BCUT2D eigenvalue weighted by Crippen LogP contribution is -2.66. The summed E-state index contributed by atoms with van der Waals surface area (Å²) in [6, 6.07) is 21.8. The summed E-state index contributed by atoms with van der Waals surface area (Å²) < 4.78 is 7.00. The standard InChI is InChI=1S/C24H35BOSi/c1-20(18-21(2)25(6)7)19-26-27(24(3,4)5,22-14-10-8-11-15-22)23-16-12-9-13-17-23/h8-18,20H,19H2,1-7H3/b21-18-. The molecule has 0 spiro atoms. The van der Waals surface area contributed by atoms with Crippen LogP contribution in [-0.2, 0) is 4.43 Å². The van der Waals surface area contributed by atoms with Crippen molar-refractivity contribution in [2.24, 2.45) is 5.92 Å². The van der Waals surface area contributed by atoms with E-state index < -0.39 is 8.32 Å². The average Bonchev–Trinajstić information content (AvgIpc) is 2.62. The Balaban J connectivity index is 2.48. The van der Waals surface area contributed by atoms with Crippen LogP contribution >= 0.6 is 0 Å². The SMILES string of the molecule is CB(C)/C(C)=C\C(C)CO[Si](c1ccccc1)(c1ccccc1)C(C)(C)C. The molecule has 144 valence electrons. The summed E-state index contributed by atoms with van der Waals surface area (Å²) in [6.45, 7) is 17.3. The second kappa shape index (κ2) is 9.08. The van der Waals surface area contributed by atoms with E-state index >= 15 is 0 Å². The third-order valence-electron chi connectivity index (χ3n) is 5.44. The highest BCUT2D eigenvalue weighted by molar-refractivity contribution is 6.99. The summed E-state index contributed by atoms with van der Waals surface area (Å²) in [6.07, 6.45) is 2.38. The summed E-state index contributed by atoms with van der Waals surface area (Å²) >= 11 is 0. The molecule has 0 saturated carbocycles. The van der Waals surface area contributed by atoms with Crippen LogP contribution in [0.15, 0.2) is 72.2 Å². The van der Waals surface area contributed by atoms with E-state index in [4.69, 9.17) is 4.43 Å². The second-order valence-electron chi connectivity index (χ2n) is 9.02. The van der Waals surface area contributed by atoms with Crippen molar-refractivity contribution >= 4 is 25.4 Å². The van der Waals surface area contributed by atoms with Gasteiger partial charge in [-0.05, 0) is 21.3 Å². The van der Waals surface area contributed by atoms with Crippen LogP contribution in [-0.4, -0.2) is 21.6 Å². The molecule has 0 saturated heterocycles. The highest BCUT2D eigenvalue weighted by Gasteiger charge is 2.50. The molecule has 1 atom stereocenters. The van der Waals surface area contributed by atoms with Gasteiger partial charge in [0, 0.05) is 6.61 Å². The first-order valence-electron chi connectivity index (χ1n) is 10.1. The summed E-state index contributed by atoms with van der Waals surface area (Å²) in [4.78, 5) is 0. The van der Waals surface area contributed by atoms with Crippen LogP contribution in [0.1, 0.15) is 34.6 Å². The van der Waals surface area contributed by atoms with E-state index in [0.717, 1.165) is 6.61 Å². The molecule has 1 unspecified atom stereocenters. The average molecular weight is 378 g/mol. The quantitative estimate of drug-likeness (QED) is 0.583. The fraction of sp³-hybridized carbons (Fsp3) is 0.417. The molecule has 0 bridgehead atoms. The van der Waals surface area contributed by atoms with Crippen molar-refractivity contribution in [3.05, 3.63) is 72.2 Å². The minimum Gasteiger partial charge on any atom is -0.407 e. The van der Waals surface area contributed by atoms with E-state index in [0.29, 0.717) is 12.6 Å². The van der Waals surface area contributed by atoms with Gasteiger partial charge in [0.15, 0.2) is 6.71 Å². The summed E-state index contributed by atoms with van der Waals surface area (Å²) in [7, 11) is -2.42. The van der Waals surface area contributed by atoms with Crippen molar-refractivity contribution in [1.29, 1.82) is 0 Å². The van der Waals surface area contributed by atoms with Crippen LogP contribution in [0, 0.1) is 5.92 Å². The molecule has 0 aliphatic heterocycles. The molecule has 0 radical (unpaired) electrons. The van der Waals surface area contributed by atoms with Gasteiger partial charge in [-0.25, -0.2) is 0 Å². The van der Waals surface area contributed by atoms with E-state index in [1.807, 2.05) is 0 Å². The summed E-state index contributed by atoms with van der Waals surface area (Å²) in [5, 5.41) is 2.73. The Labute approximate surface area is 168 Å². The molecule has 0 N–H and O–H groups in total. The zero-order valence-corrected chi connectivity index (χ0v) is 19.1. The van der Waals surface area contributed by atoms with Crippen molar-refractivity contribution in [2.75, 3.05) is 6.61 Å². The Morgan fingerprint density at radius 3 is 1.78 bits per heavy atom. The molecule has 0 aromatic heterocycles. The van der Waals surface area contributed by atoms with Gasteiger partial charge in [-0.15, -0.1) is 5.47 Å². The van der Waals surface area contributed by atoms with E-state index in [-0.39, 0.29) is 5.04 Å². The number of benzene rings is 2. The molecule has 0 fully saturated rings. The van der Waals surface area contributed by atoms with Crippen LogP contribution in [0.4, 0.5) is 0 Å². The first-order chi connectivity index (χ1) is 12.7. The van der Waals surface area contributed by atoms with Gasteiger partial charge in [-0.3, -0.25) is 0 Å². The van der Waals surface area contributed by atoms with Gasteiger partial charge in [0.2, 0.25) is 0 Å². The summed E-state index contributed by atoms with van der Waals surface area (Å²) in [5.74, 6) is 0.397. The van der Waals surface area contributed by atoms with Crippen LogP contribution in [0.3, 0.4) is 0 Å². The Morgan fingerprint density at radius 1 is 0.963 bits per heavy atom. The van der Waals surface area contributed by atoms with Crippen molar-refractivity contribution < 1.29 is 4.43 Å². The Hall–Kier alpha value is -1.58. The van der Waals surface area contributed by atoms with Gasteiger partial charge >= 0.3 is 0 Å². The van der Waals surface area contributed by atoms with Crippen molar-refractivity contribution in [3.63, 3.8) is 0 Å². The molecule has 2 rings (SSSR count). The van der Waals surface area contributed by atoms with E-state index in [1.165, 1.54) is 15.8 Å². The lowest BCUT2D eigenvalue weighted by molar-refractivity contribution is 0.267. The van der Waals surface area contributed by atoms with Crippen LogP contribution in [0.2, 0.25) is 18.7 Å². The predicted octanol–water partition coefficient (Wildman–Crippen LogP) is 5.44. The molecular weight excluding hydrogens is 343 g/mol. The fourth-order valence-electron chi connectivity index (χ4n) is 3.71. The number of allylic oxidation sites excluding steroid dienone is 1. The molecule has 0 heterocycles. The number of rotatable bonds is 7. The first-order valence-corrected chi connectivity index (χ1v) is 12.0.